The van der Waals surface area contributed by atoms with E-state index in [-0.39, 0.29) is 5.91 Å². The first kappa shape index (κ1) is 15.1. The summed E-state index contributed by atoms with van der Waals surface area (Å²) in [6, 6.07) is 7.45. The molecule has 1 aromatic rings. The number of piperidine rings is 1. The number of benzene rings is 1. The predicted molar refractivity (Wildman–Crippen MR) is 83.7 cm³/mol. The predicted octanol–water partition coefficient (Wildman–Crippen LogP) is 2.81. The van der Waals surface area contributed by atoms with Crippen LogP contribution in [0.5, 0.6) is 0 Å². The molecule has 1 aromatic carbocycles. The number of rotatable bonds is 4. The van der Waals surface area contributed by atoms with Gasteiger partial charge in [-0.1, -0.05) is 23.7 Å². The summed E-state index contributed by atoms with van der Waals surface area (Å²) in [6.45, 7) is 2.96. The minimum atomic E-state index is 0.0542. The zero-order chi connectivity index (χ0) is 14.4. The Balaban J connectivity index is 1.85. The Hall–Kier alpha value is -1.32. The summed E-state index contributed by atoms with van der Waals surface area (Å²) in [4.78, 5) is 13.9. The Kier molecular flexibility index (Phi) is 5.62. The summed E-state index contributed by atoms with van der Waals surface area (Å²) in [5.74, 6) is 0.674. The van der Waals surface area contributed by atoms with Crippen molar-refractivity contribution in [2.45, 2.75) is 12.8 Å². The van der Waals surface area contributed by atoms with Crippen molar-refractivity contribution < 1.29 is 4.79 Å². The lowest BCUT2D eigenvalue weighted by molar-refractivity contribution is -0.125. The van der Waals surface area contributed by atoms with Crippen LogP contribution in [0.1, 0.15) is 18.4 Å². The summed E-state index contributed by atoms with van der Waals surface area (Å²) in [7, 11) is 1.87. The van der Waals surface area contributed by atoms with Crippen molar-refractivity contribution in [2.75, 3.05) is 26.7 Å². The van der Waals surface area contributed by atoms with E-state index in [0.717, 1.165) is 38.0 Å². The van der Waals surface area contributed by atoms with Gasteiger partial charge in [0.2, 0.25) is 5.91 Å². The Morgan fingerprint density at radius 2 is 2.00 bits per heavy atom. The van der Waals surface area contributed by atoms with Gasteiger partial charge in [-0.05, 0) is 55.6 Å². The smallest absolute Gasteiger partial charge is 0.246 e. The first-order valence-corrected chi connectivity index (χ1v) is 7.42. The van der Waals surface area contributed by atoms with Crippen molar-refractivity contribution in [3.8, 4) is 0 Å². The van der Waals surface area contributed by atoms with E-state index >= 15 is 0 Å². The summed E-state index contributed by atoms with van der Waals surface area (Å²) < 4.78 is 0. The van der Waals surface area contributed by atoms with Crippen LogP contribution in [0.25, 0.3) is 6.08 Å². The third-order valence-electron chi connectivity index (χ3n) is 3.66. The molecule has 0 radical (unpaired) electrons. The molecule has 3 nitrogen and oxygen atoms in total. The van der Waals surface area contributed by atoms with Gasteiger partial charge in [0.05, 0.1) is 0 Å². The van der Waals surface area contributed by atoms with Gasteiger partial charge >= 0.3 is 0 Å². The fourth-order valence-electron chi connectivity index (χ4n) is 2.41. The van der Waals surface area contributed by atoms with Crippen LogP contribution in [0.2, 0.25) is 5.02 Å². The fraction of sp³-hybridized carbons (Fsp3) is 0.438. The van der Waals surface area contributed by atoms with Crippen molar-refractivity contribution in [3.05, 3.63) is 40.9 Å². The largest absolute Gasteiger partial charge is 0.342 e. The van der Waals surface area contributed by atoms with Crippen LogP contribution in [-0.2, 0) is 4.79 Å². The Morgan fingerprint density at radius 1 is 1.35 bits per heavy atom. The molecule has 1 amide bonds. The van der Waals surface area contributed by atoms with Crippen molar-refractivity contribution in [2.24, 2.45) is 5.92 Å². The van der Waals surface area contributed by atoms with Gasteiger partial charge < -0.3 is 10.2 Å². The van der Waals surface area contributed by atoms with Crippen LogP contribution < -0.4 is 5.32 Å². The Morgan fingerprint density at radius 3 is 2.65 bits per heavy atom. The molecule has 4 heteroatoms. The first-order valence-electron chi connectivity index (χ1n) is 7.04. The zero-order valence-corrected chi connectivity index (χ0v) is 12.6. The molecule has 0 saturated carbocycles. The molecule has 2 rings (SSSR count). The van der Waals surface area contributed by atoms with E-state index in [4.69, 9.17) is 11.6 Å². The van der Waals surface area contributed by atoms with E-state index < -0.39 is 0 Å². The average molecular weight is 293 g/mol. The van der Waals surface area contributed by atoms with Gasteiger partial charge in [0, 0.05) is 24.7 Å². The van der Waals surface area contributed by atoms with E-state index in [1.54, 1.807) is 6.08 Å². The molecule has 0 spiro atoms. The van der Waals surface area contributed by atoms with Gasteiger partial charge in [0.25, 0.3) is 0 Å². The molecular formula is C16H21ClN2O. The minimum Gasteiger partial charge on any atom is -0.342 e. The second kappa shape index (κ2) is 7.46. The number of carbonyl (C=O) groups is 1. The Labute approximate surface area is 125 Å². The highest BCUT2D eigenvalue weighted by Crippen LogP contribution is 2.13. The summed E-state index contributed by atoms with van der Waals surface area (Å²) >= 11 is 5.83. The van der Waals surface area contributed by atoms with Crippen molar-refractivity contribution in [1.82, 2.24) is 10.2 Å². The first-order chi connectivity index (χ1) is 9.65. The lowest BCUT2D eigenvalue weighted by Crippen LogP contribution is -2.36. The van der Waals surface area contributed by atoms with Crippen LogP contribution >= 0.6 is 11.6 Å². The number of amides is 1. The second-order valence-corrected chi connectivity index (χ2v) is 5.73. The van der Waals surface area contributed by atoms with E-state index in [9.17, 15) is 4.79 Å². The third kappa shape index (κ3) is 4.66. The monoisotopic (exact) mass is 292 g/mol. The number of nitrogens with zero attached hydrogens (tertiary/aromatic N) is 1. The number of likely N-dealkylation sites (N-methyl/N-ethyl adjacent to an activating group) is 1. The molecule has 0 bridgehead atoms. The maximum Gasteiger partial charge on any atom is 0.246 e. The second-order valence-electron chi connectivity index (χ2n) is 5.30. The number of hydrogen-bond donors (Lipinski definition) is 1. The van der Waals surface area contributed by atoms with Crippen LogP contribution in [0.4, 0.5) is 0 Å². The molecule has 1 fully saturated rings. The van der Waals surface area contributed by atoms with Crippen molar-refractivity contribution in [3.63, 3.8) is 0 Å². The number of halogens is 1. The summed E-state index contributed by atoms with van der Waals surface area (Å²) in [6.07, 6.45) is 5.76. The van der Waals surface area contributed by atoms with Gasteiger partial charge in [-0.2, -0.15) is 0 Å². The molecule has 1 saturated heterocycles. The van der Waals surface area contributed by atoms with Crippen molar-refractivity contribution in [1.29, 1.82) is 0 Å². The van der Waals surface area contributed by atoms with Crippen molar-refractivity contribution >= 4 is 23.6 Å². The highest BCUT2D eigenvalue weighted by atomic mass is 35.5. The fourth-order valence-corrected chi connectivity index (χ4v) is 2.54. The van der Waals surface area contributed by atoms with Gasteiger partial charge in [-0.15, -0.1) is 0 Å². The van der Waals surface area contributed by atoms with E-state index in [1.165, 1.54) is 0 Å². The lowest BCUT2D eigenvalue weighted by atomic mass is 9.98. The zero-order valence-electron chi connectivity index (χ0n) is 11.8. The summed E-state index contributed by atoms with van der Waals surface area (Å²) in [5.41, 5.74) is 0.984. The molecule has 0 unspecified atom stereocenters. The van der Waals surface area contributed by atoms with E-state index in [2.05, 4.69) is 5.32 Å². The molecule has 20 heavy (non-hydrogen) atoms. The maximum atomic E-state index is 12.1. The van der Waals surface area contributed by atoms with E-state index in [1.807, 2.05) is 42.3 Å². The number of nitrogens with one attached hydrogen (secondary N) is 1. The molecule has 1 heterocycles. The molecule has 0 aromatic heterocycles. The van der Waals surface area contributed by atoms with Crippen LogP contribution in [-0.4, -0.2) is 37.5 Å². The number of hydrogen-bond acceptors (Lipinski definition) is 2. The van der Waals surface area contributed by atoms with Gasteiger partial charge in [-0.25, -0.2) is 0 Å². The summed E-state index contributed by atoms with van der Waals surface area (Å²) in [5, 5.41) is 4.05. The highest BCUT2D eigenvalue weighted by Gasteiger charge is 2.16. The minimum absolute atomic E-state index is 0.0542. The molecule has 1 aliphatic rings. The molecule has 1 N–H and O–H groups in total. The normalized spacial score (nSPS) is 16.5. The van der Waals surface area contributed by atoms with Crippen LogP contribution in [0, 0.1) is 5.92 Å². The quantitative estimate of drug-likeness (QED) is 0.866. The van der Waals surface area contributed by atoms with Gasteiger partial charge in [0.1, 0.15) is 0 Å². The average Bonchev–Trinajstić information content (AvgIpc) is 2.47. The molecular weight excluding hydrogens is 272 g/mol. The van der Waals surface area contributed by atoms with E-state index in [0.29, 0.717) is 10.9 Å². The molecule has 1 aliphatic heterocycles. The number of carbonyl (C=O) groups excluding carboxylic acids is 1. The molecule has 108 valence electrons. The third-order valence-corrected chi connectivity index (χ3v) is 3.91. The lowest BCUT2D eigenvalue weighted by Gasteiger charge is -2.27. The SMILES string of the molecule is CN(CC1CCNCC1)C(=O)C=Cc1ccc(Cl)cc1. The topological polar surface area (TPSA) is 32.3 Å². The molecule has 0 atom stereocenters. The van der Waals surface area contributed by atoms with Crippen LogP contribution in [0.3, 0.4) is 0 Å². The Bertz CT molecular complexity index is 464. The molecule has 0 aliphatic carbocycles. The van der Waals surface area contributed by atoms with Gasteiger partial charge in [-0.3, -0.25) is 4.79 Å². The highest BCUT2D eigenvalue weighted by molar-refractivity contribution is 6.30. The van der Waals surface area contributed by atoms with Crippen LogP contribution in [0.15, 0.2) is 30.3 Å². The van der Waals surface area contributed by atoms with Gasteiger partial charge in [0.15, 0.2) is 0 Å². The standard InChI is InChI=1S/C16H21ClN2O/c1-19(12-14-8-10-18-11-9-14)16(20)7-4-13-2-5-15(17)6-3-13/h2-7,14,18H,8-12H2,1H3. The maximum absolute atomic E-state index is 12.1.